The summed E-state index contributed by atoms with van der Waals surface area (Å²) in [4.78, 5) is 21.7. The number of carbonyl (C=O) groups excluding carboxylic acids is 2. The average molecular weight is 342 g/mol. The summed E-state index contributed by atoms with van der Waals surface area (Å²) < 4.78 is 20.6. The first kappa shape index (κ1) is 19.7. The van der Waals surface area contributed by atoms with E-state index in [4.69, 9.17) is 29.2 Å². The Morgan fingerprint density at radius 3 is 1.67 bits per heavy atom. The summed E-state index contributed by atoms with van der Waals surface area (Å²) in [7, 11) is 0. The van der Waals surface area contributed by atoms with Crippen molar-refractivity contribution in [2.24, 2.45) is 0 Å². The maximum atomic E-state index is 10.9. The number of carbonyl (C=O) groups is 2. The molecule has 0 aliphatic rings. The number of aliphatic hydroxyl groups is 2. The van der Waals surface area contributed by atoms with Gasteiger partial charge in [0.2, 0.25) is 0 Å². The quantitative estimate of drug-likeness (QED) is 0.584. The van der Waals surface area contributed by atoms with Gasteiger partial charge in [-0.2, -0.15) is 0 Å². The zero-order valence-electron chi connectivity index (χ0n) is 13.6. The molecule has 0 saturated carbocycles. The fourth-order valence-corrected chi connectivity index (χ4v) is 1.75. The fourth-order valence-electron chi connectivity index (χ4n) is 1.75. The first-order chi connectivity index (χ1) is 11.4. The predicted molar refractivity (Wildman–Crippen MR) is 82.7 cm³/mol. The highest BCUT2D eigenvalue weighted by Crippen LogP contribution is 2.20. The van der Waals surface area contributed by atoms with Crippen molar-refractivity contribution < 1.29 is 38.7 Å². The standard InChI is InChI=1S/C16H22O8/c1-11(19)23-15(7-17)9-21-13-4-3-5-14(6-13)22-10-16(8-18)24-12(2)20/h3-6,15-18H,7-10H2,1-2H3. The van der Waals surface area contributed by atoms with Crippen molar-refractivity contribution in [3.63, 3.8) is 0 Å². The van der Waals surface area contributed by atoms with E-state index in [9.17, 15) is 9.59 Å². The van der Waals surface area contributed by atoms with Gasteiger partial charge in [0.1, 0.15) is 24.7 Å². The Morgan fingerprint density at radius 1 is 0.917 bits per heavy atom. The molecule has 1 aromatic carbocycles. The van der Waals surface area contributed by atoms with Gasteiger partial charge in [-0.05, 0) is 12.1 Å². The Bertz CT molecular complexity index is 487. The summed E-state index contributed by atoms with van der Waals surface area (Å²) in [6.45, 7) is 1.78. The van der Waals surface area contributed by atoms with E-state index in [0.717, 1.165) is 0 Å². The zero-order valence-corrected chi connectivity index (χ0v) is 13.6. The van der Waals surface area contributed by atoms with E-state index in [1.165, 1.54) is 13.8 Å². The van der Waals surface area contributed by atoms with Gasteiger partial charge in [-0.1, -0.05) is 6.07 Å². The van der Waals surface area contributed by atoms with Crippen LogP contribution >= 0.6 is 0 Å². The van der Waals surface area contributed by atoms with Crippen LogP contribution in [0.5, 0.6) is 11.5 Å². The van der Waals surface area contributed by atoms with Gasteiger partial charge in [-0.3, -0.25) is 9.59 Å². The molecule has 0 radical (unpaired) electrons. The largest absolute Gasteiger partial charge is 0.489 e. The molecule has 0 spiro atoms. The lowest BCUT2D eigenvalue weighted by atomic mass is 10.3. The minimum atomic E-state index is -0.755. The van der Waals surface area contributed by atoms with E-state index in [-0.39, 0.29) is 26.4 Å². The molecule has 2 N–H and O–H groups in total. The van der Waals surface area contributed by atoms with Gasteiger partial charge in [-0.25, -0.2) is 0 Å². The topological polar surface area (TPSA) is 112 Å². The smallest absolute Gasteiger partial charge is 0.303 e. The molecule has 0 bridgehead atoms. The van der Waals surface area contributed by atoms with Gasteiger partial charge < -0.3 is 29.2 Å². The lowest BCUT2D eigenvalue weighted by Crippen LogP contribution is -2.28. The van der Waals surface area contributed by atoms with Gasteiger partial charge in [0.25, 0.3) is 0 Å². The number of hydrogen-bond acceptors (Lipinski definition) is 8. The third-order valence-corrected chi connectivity index (χ3v) is 2.75. The summed E-state index contributed by atoms with van der Waals surface area (Å²) >= 11 is 0. The Morgan fingerprint density at radius 2 is 1.33 bits per heavy atom. The van der Waals surface area contributed by atoms with Crippen molar-refractivity contribution in [2.75, 3.05) is 26.4 Å². The summed E-state index contributed by atoms with van der Waals surface area (Å²) in [6, 6.07) is 6.62. The highest BCUT2D eigenvalue weighted by Gasteiger charge is 2.13. The Balaban J connectivity index is 2.53. The highest BCUT2D eigenvalue weighted by molar-refractivity contribution is 5.66. The monoisotopic (exact) mass is 342 g/mol. The van der Waals surface area contributed by atoms with Crippen LogP contribution in [0.2, 0.25) is 0 Å². The second-order valence-corrected chi connectivity index (χ2v) is 4.92. The number of benzene rings is 1. The molecule has 0 amide bonds. The van der Waals surface area contributed by atoms with Crippen molar-refractivity contribution in [2.45, 2.75) is 26.1 Å². The second kappa shape index (κ2) is 10.5. The van der Waals surface area contributed by atoms with Gasteiger partial charge >= 0.3 is 11.9 Å². The molecule has 0 aliphatic carbocycles. The molecule has 2 unspecified atom stereocenters. The van der Waals surface area contributed by atoms with Gasteiger partial charge in [0.05, 0.1) is 13.2 Å². The third kappa shape index (κ3) is 7.80. The lowest BCUT2D eigenvalue weighted by molar-refractivity contribution is -0.150. The Hall–Kier alpha value is -2.32. The first-order valence-corrected chi connectivity index (χ1v) is 7.36. The van der Waals surface area contributed by atoms with Crippen molar-refractivity contribution in [3.05, 3.63) is 24.3 Å². The van der Waals surface area contributed by atoms with Crippen LogP contribution in [0.25, 0.3) is 0 Å². The molecule has 24 heavy (non-hydrogen) atoms. The second-order valence-electron chi connectivity index (χ2n) is 4.92. The molecule has 0 aromatic heterocycles. The lowest BCUT2D eigenvalue weighted by Gasteiger charge is -2.17. The van der Waals surface area contributed by atoms with Crippen LogP contribution in [0.4, 0.5) is 0 Å². The van der Waals surface area contributed by atoms with Crippen LogP contribution in [-0.4, -0.2) is 60.8 Å². The Kier molecular flexibility index (Phi) is 8.59. The van der Waals surface area contributed by atoms with Crippen molar-refractivity contribution in [3.8, 4) is 11.5 Å². The molecule has 0 heterocycles. The minimum absolute atomic E-state index is 0.00769. The molecular weight excluding hydrogens is 320 g/mol. The molecule has 0 saturated heterocycles. The van der Waals surface area contributed by atoms with Gasteiger partial charge in [0, 0.05) is 19.9 Å². The maximum Gasteiger partial charge on any atom is 0.303 e. The van der Waals surface area contributed by atoms with Crippen LogP contribution < -0.4 is 9.47 Å². The van der Waals surface area contributed by atoms with Crippen molar-refractivity contribution >= 4 is 11.9 Å². The first-order valence-electron chi connectivity index (χ1n) is 7.36. The van der Waals surface area contributed by atoms with E-state index in [2.05, 4.69) is 0 Å². The predicted octanol–water partition coefficient (Wildman–Crippen LogP) is 0.292. The molecule has 1 aromatic rings. The molecule has 2 atom stereocenters. The van der Waals surface area contributed by atoms with Crippen LogP contribution in [0.3, 0.4) is 0 Å². The number of hydrogen-bond donors (Lipinski definition) is 2. The SMILES string of the molecule is CC(=O)OC(CO)COc1cccc(OCC(CO)OC(C)=O)c1. The van der Waals surface area contributed by atoms with E-state index in [1.807, 2.05) is 0 Å². The van der Waals surface area contributed by atoms with E-state index >= 15 is 0 Å². The van der Waals surface area contributed by atoms with Gasteiger partial charge in [-0.15, -0.1) is 0 Å². The molecule has 1 rings (SSSR count). The number of rotatable bonds is 10. The average Bonchev–Trinajstić information content (AvgIpc) is 2.55. The molecule has 8 nitrogen and oxygen atoms in total. The third-order valence-electron chi connectivity index (χ3n) is 2.75. The number of esters is 2. The maximum absolute atomic E-state index is 10.9. The molecular formula is C16H22O8. The van der Waals surface area contributed by atoms with E-state index < -0.39 is 24.1 Å². The van der Waals surface area contributed by atoms with Crippen LogP contribution in [0.15, 0.2) is 24.3 Å². The van der Waals surface area contributed by atoms with E-state index in [1.54, 1.807) is 24.3 Å². The summed E-state index contributed by atoms with van der Waals surface area (Å²) in [5.74, 6) is -0.109. The van der Waals surface area contributed by atoms with Crippen LogP contribution in [0, 0.1) is 0 Å². The molecule has 0 fully saturated rings. The molecule has 8 heteroatoms. The highest BCUT2D eigenvalue weighted by atomic mass is 16.6. The fraction of sp³-hybridized carbons (Fsp3) is 0.500. The van der Waals surface area contributed by atoms with Crippen LogP contribution in [0.1, 0.15) is 13.8 Å². The number of aliphatic hydroxyl groups excluding tert-OH is 2. The van der Waals surface area contributed by atoms with Crippen LogP contribution in [-0.2, 0) is 19.1 Å². The molecule has 134 valence electrons. The molecule has 0 aliphatic heterocycles. The van der Waals surface area contributed by atoms with Crippen molar-refractivity contribution in [1.29, 1.82) is 0 Å². The summed E-state index contributed by atoms with van der Waals surface area (Å²) in [6.07, 6.45) is -1.51. The van der Waals surface area contributed by atoms with Gasteiger partial charge in [0.15, 0.2) is 12.2 Å². The summed E-state index contributed by atoms with van der Waals surface area (Å²) in [5, 5.41) is 18.2. The van der Waals surface area contributed by atoms with E-state index in [0.29, 0.717) is 11.5 Å². The zero-order chi connectivity index (χ0) is 17.9. The Labute approximate surface area is 139 Å². The normalized spacial score (nSPS) is 12.8. The number of ether oxygens (including phenoxy) is 4. The van der Waals surface area contributed by atoms with Crippen molar-refractivity contribution in [1.82, 2.24) is 0 Å². The minimum Gasteiger partial charge on any atom is -0.489 e. The summed E-state index contributed by atoms with van der Waals surface area (Å²) in [5.41, 5.74) is 0.